The minimum Gasteiger partial charge on any atom is -0.306 e. The summed E-state index contributed by atoms with van der Waals surface area (Å²) in [4.78, 5) is 0. The third-order valence-electron chi connectivity index (χ3n) is 3.14. The Kier molecular flexibility index (Phi) is 5.19. The summed E-state index contributed by atoms with van der Waals surface area (Å²) in [5.41, 5.74) is 2.60. The molecular formula is C16H16BrClFN. The first-order valence-electron chi connectivity index (χ1n) is 6.47. The van der Waals surface area contributed by atoms with Crippen LogP contribution in [-0.4, -0.2) is 6.54 Å². The second kappa shape index (κ2) is 6.70. The lowest BCUT2D eigenvalue weighted by molar-refractivity contribution is 0.557. The zero-order chi connectivity index (χ0) is 14.7. The summed E-state index contributed by atoms with van der Waals surface area (Å²) in [5.74, 6) is -0.214. The molecule has 2 rings (SSSR count). The number of hydrogen-bond acceptors (Lipinski definition) is 1. The van der Waals surface area contributed by atoms with Gasteiger partial charge in [-0.05, 0) is 43.3 Å². The zero-order valence-electron chi connectivity index (χ0n) is 11.4. The van der Waals surface area contributed by atoms with Gasteiger partial charge < -0.3 is 5.32 Å². The SMILES string of the molecule is CCNC(c1cc(C)ccc1F)c1cc(Cl)ccc1Br. The molecule has 20 heavy (non-hydrogen) atoms. The molecule has 0 aliphatic carbocycles. The lowest BCUT2D eigenvalue weighted by Gasteiger charge is -2.21. The quantitative estimate of drug-likeness (QED) is 0.789. The van der Waals surface area contributed by atoms with E-state index in [-0.39, 0.29) is 11.9 Å². The average molecular weight is 357 g/mol. The van der Waals surface area contributed by atoms with E-state index in [0.717, 1.165) is 22.1 Å². The molecule has 0 heterocycles. The average Bonchev–Trinajstić information content (AvgIpc) is 2.42. The Bertz CT molecular complexity index is 564. The Morgan fingerprint density at radius 2 is 1.95 bits per heavy atom. The van der Waals surface area contributed by atoms with Crippen molar-refractivity contribution in [3.63, 3.8) is 0 Å². The van der Waals surface area contributed by atoms with Crippen LogP contribution in [0.1, 0.15) is 29.7 Å². The van der Waals surface area contributed by atoms with E-state index in [1.807, 2.05) is 38.1 Å². The first-order valence-corrected chi connectivity index (χ1v) is 7.64. The van der Waals surface area contributed by atoms with Crippen LogP contribution in [0, 0.1) is 12.7 Å². The smallest absolute Gasteiger partial charge is 0.128 e. The van der Waals surface area contributed by atoms with Crippen molar-refractivity contribution < 1.29 is 4.39 Å². The Morgan fingerprint density at radius 1 is 1.20 bits per heavy atom. The van der Waals surface area contributed by atoms with Gasteiger partial charge in [0.15, 0.2) is 0 Å². The van der Waals surface area contributed by atoms with Crippen LogP contribution < -0.4 is 5.32 Å². The molecule has 0 saturated carbocycles. The first kappa shape index (κ1) is 15.5. The van der Waals surface area contributed by atoms with Crippen molar-refractivity contribution in [3.8, 4) is 0 Å². The minimum absolute atomic E-state index is 0.214. The number of halogens is 3. The predicted octanol–water partition coefficient (Wildman–Crippen LogP) is 5.25. The lowest BCUT2D eigenvalue weighted by atomic mass is 9.96. The van der Waals surface area contributed by atoms with E-state index < -0.39 is 0 Å². The molecule has 0 radical (unpaired) electrons. The molecule has 0 aromatic heterocycles. The Morgan fingerprint density at radius 3 is 2.65 bits per heavy atom. The molecule has 0 fully saturated rings. The summed E-state index contributed by atoms with van der Waals surface area (Å²) in [6.45, 7) is 4.69. The first-order chi connectivity index (χ1) is 9.52. The van der Waals surface area contributed by atoms with Crippen molar-refractivity contribution in [1.82, 2.24) is 5.32 Å². The summed E-state index contributed by atoms with van der Waals surface area (Å²) in [6.07, 6.45) is 0. The molecule has 0 bridgehead atoms. The third kappa shape index (κ3) is 3.40. The second-order valence-corrected chi connectivity index (χ2v) is 5.97. The molecule has 0 aliphatic rings. The maximum atomic E-state index is 14.2. The van der Waals surface area contributed by atoms with Crippen LogP contribution in [0.2, 0.25) is 5.02 Å². The standard InChI is InChI=1S/C16H16BrClFN/c1-3-20-16(12-9-11(18)5-6-14(12)17)13-8-10(2)4-7-15(13)19/h4-9,16,20H,3H2,1-2H3. The van der Waals surface area contributed by atoms with Crippen LogP contribution in [0.3, 0.4) is 0 Å². The van der Waals surface area contributed by atoms with Gasteiger partial charge in [-0.15, -0.1) is 0 Å². The van der Waals surface area contributed by atoms with E-state index in [1.165, 1.54) is 6.07 Å². The Labute approximate surface area is 132 Å². The molecule has 0 spiro atoms. The maximum absolute atomic E-state index is 14.2. The van der Waals surface area contributed by atoms with Crippen molar-refractivity contribution in [2.75, 3.05) is 6.54 Å². The van der Waals surface area contributed by atoms with Gasteiger partial charge >= 0.3 is 0 Å². The highest BCUT2D eigenvalue weighted by Crippen LogP contribution is 2.32. The van der Waals surface area contributed by atoms with Crippen LogP contribution in [-0.2, 0) is 0 Å². The highest BCUT2D eigenvalue weighted by atomic mass is 79.9. The summed E-state index contributed by atoms with van der Waals surface area (Å²) in [6, 6.07) is 10.5. The molecule has 0 aliphatic heterocycles. The molecule has 2 aromatic rings. The van der Waals surface area contributed by atoms with Crippen molar-refractivity contribution >= 4 is 27.5 Å². The van der Waals surface area contributed by atoms with Crippen LogP contribution in [0.15, 0.2) is 40.9 Å². The Balaban J connectivity index is 2.55. The summed E-state index contributed by atoms with van der Waals surface area (Å²) >= 11 is 9.60. The van der Waals surface area contributed by atoms with Crippen LogP contribution in [0.5, 0.6) is 0 Å². The predicted molar refractivity (Wildman–Crippen MR) is 85.8 cm³/mol. The van der Waals surface area contributed by atoms with Gasteiger partial charge in [0.25, 0.3) is 0 Å². The number of aryl methyl sites for hydroxylation is 1. The molecule has 1 nitrogen and oxygen atoms in total. The van der Waals surface area contributed by atoms with Gasteiger partial charge in [0, 0.05) is 15.1 Å². The molecule has 4 heteroatoms. The molecule has 1 unspecified atom stereocenters. The number of rotatable bonds is 4. The molecule has 2 aromatic carbocycles. The fourth-order valence-corrected chi connectivity index (χ4v) is 2.87. The van der Waals surface area contributed by atoms with E-state index in [0.29, 0.717) is 10.6 Å². The monoisotopic (exact) mass is 355 g/mol. The summed E-state index contributed by atoms with van der Waals surface area (Å²) in [7, 11) is 0. The van der Waals surface area contributed by atoms with Crippen molar-refractivity contribution in [1.29, 1.82) is 0 Å². The van der Waals surface area contributed by atoms with E-state index in [2.05, 4.69) is 21.2 Å². The maximum Gasteiger partial charge on any atom is 0.128 e. The van der Waals surface area contributed by atoms with Crippen molar-refractivity contribution in [2.24, 2.45) is 0 Å². The highest BCUT2D eigenvalue weighted by Gasteiger charge is 2.19. The Hall–Kier alpha value is -0.900. The molecule has 0 amide bonds. The molecular weight excluding hydrogens is 341 g/mol. The van der Waals surface area contributed by atoms with E-state index in [4.69, 9.17) is 11.6 Å². The topological polar surface area (TPSA) is 12.0 Å². The van der Waals surface area contributed by atoms with Crippen LogP contribution in [0.4, 0.5) is 4.39 Å². The van der Waals surface area contributed by atoms with E-state index in [1.54, 1.807) is 6.07 Å². The van der Waals surface area contributed by atoms with Crippen LogP contribution in [0.25, 0.3) is 0 Å². The van der Waals surface area contributed by atoms with E-state index >= 15 is 0 Å². The van der Waals surface area contributed by atoms with E-state index in [9.17, 15) is 4.39 Å². The fourth-order valence-electron chi connectivity index (χ4n) is 2.21. The van der Waals surface area contributed by atoms with Gasteiger partial charge in [-0.1, -0.05) is 52.2 Å². The number of nitrogens with one attached hydrogen (secondary N) is 1. The lowest BCUT2D eigenvalue weighted by Crippen LogP contribution is -2.23. The number of benzene rings is 2. The fraction of sp³-hybridized carbons (Fsp3) is 0.250. The van der Waals surface area contributed by atoms with Crippen LogP contribution >= 0.6 is 27.5 Å². The molecule has 1 atom stereocenters. The highest BCUT2D eigenvalue weighted by molar-refractivity contribution is 9.10. The molecule has 106 valence electrons. The van der Waals surface area contributed by atoms with Gasteiger partial charge in [0.05, 0.1) is 6.04 Å². The molecule has 1 N–H and O–H groups in total. The van der Waals surface area contributed by atoms with Gasteiger partial charge in [0.1, 0.15) is 5.82 Å². The zero-order valence-corrected chi connectivity index (χ0v) is 13.7. The van der Waals surface area contributed by atoms with Crippen molar-refractivity contribution in [3.05, 3.63) is 68.4 Å². The van der Waals surface area contributed by atoms with Gasteiger partial charge in [-0.3, -0.25) is 0 Å². The molecule has 0 saturated heterocycles. The van der Waals surface area contributed by atoms with Gasteiger partial charge in [-0.2, -0.15) is 0 Å². The minimum atomic E-state index is -0.229. The normalized spacial score (nSPS) is 12.4. The summed E-state index contributed by atoms with van der Waals surface area (Å²) < 4.78 is 15.1. The second-order valence-electron chi connectivity index (χ2n) is 4.68. The summed E-state index contributed by atoms with van der Waals surface area (Å²) in [5, 5.41) is 3.96. The largest absolute Gasteiger partial charge is 0.306 e. The van der Waals surface area contributed by atoms with Crippen molar-refractivity contribution in [2.45, 2.75) is 19.9 Å². The number of hydrogen-bond donors (Lipinski definition) is 1. The van der Waals surface area contributed by atoms with Gasteiger partial charge in [-0.25, -0.2) is 4.39 Å². The van der Waals surface area contributed by atoms with Gasteiger partial charge in [0.2, 0.25) is 0 Å². The third-order valence-corrected chi connectivity index (χ3v) is 4.10.